The van der Waals surface area contributed by atoms with Crippen molar-refractivity contribution in [2.24, 2.45) is 0 Å². The van der Waals surface area contributed by atoms with Crippen LogP contribution in [-0.2, 0) is 0 Å². The number of aromatic nitrogens is 3. The Kier molecular flexibility index (Phi) is 3.38. The molecule has 0 saturated carbocycles. The molecule has 6 nitrogen and oxygen atoms in total. The van der Waals surface area contributed by atoms with Crippen LogP contribution in [0.25, 0.3) is 0 Å². The van der Waals surface area contributed by atoms with Gasteiger partial charge in [-0.2, -0.15) is 4.98 Å². The van der Waals surface area contributed by atoms with Crippen molar-refractivity contribution in [2.75, 3.05) is 11.1 Å². The van der Waals surface area contributed by atoms with Crippen LogP contribution in [0.4, 0.5) is 11.5 Å². The van der Waals surface area contributed by atoms with Crippen molar-refractivity contribution < 1.29 is 4.52 Å². The van der Waals surface area contributed by atoms with Gasteiger partial charge in [-0.1, -0.05) is 5.16 Å². The highest BCUT2D eigenvalue weighted by Gasteiger charge is 2.17. The molecule has 2 heterocycles. The van der Waals surface area contributed by atoms with Gasteiger partial charge in [-0.3, -0.25) is 0 Å². The minimum Gasteiger partial charge on any atom is -0.394 e. The highest BCUT2D eigenvalue weighted by molar-refractivity contribution is 6.28. The predicted molar refractivity (Wildman–Crippen MR) is 69.5 cm³/mol. The van der Waals surface area contributed by atoms with E-state index in [4.69, 9.17) is 21.9 Å². The third-order valence-corrected chi connectivity index (χ3v) is 2.84. The summed E-state index contributed by atoms with van der Waals surface area (Å²) in [4.78, 5) is 7.85. The fourth-order valence-electron chi connectivity index (χ4n) is 1.87. The smallest absolute Gasteiger partial charge is 0.224 e. The van der Waals surface area contributed by atoms with Crippen LogP contribution in [-0.4, -0.2) is 15.1 Å². The number of anilines is 2. The average Bonchev–Trinajstić information content (AvgIpc) is 2.63. The van der Waals surface area contributed by atoms with Gasteiger partial charge in [0, 0.05) is 5.56 Å². The van der Waals surface area contributed by atoms with Crippen molar-refractivity contribution in [3.8, 4) is 0 Å². The van der Waals surface area contributed by atoms with Crippen LogP contribution in [0.2, 0.25) is 5.28 Å². The van der Waals surface area contributed by atoms with E-state index in [-0.39, 0.29) is 11.3 Å². The van der Waals surface area contributed by atoms with Crippen molar-refractivity contribution in [1.82, 2.24) is 15.1 Å². The van der Waals surface area contributed by atoms with Crippen LogP contribution in [0.1, 0.15) is 30.0 Å². The minimum atomic E-state index is -0.0375. The lowest BCUT2D eigenvalue weighted by Gasteiger charge is -2.15. The number of nitrogens with one attached hydrogen (secondary N) is 1. The zero-order chi connectivity index (χ0) is 13.3. The summed E-state index contributed by atoms with van der Waals surface area (Å²) in [5, 5.41) is 7.24. The summed E-state index contributed by atoms with van der Waals surface area (Å²) < 4.78 is 5.13. The highest BCUT2D eigenvalue weighted by Crippen LogP contribution is 2.26. The first kappa shape index (κ1) is 12.6. The summed E-state index contributed by atoms with van der Waals surface area (Å²) in [6.07, 6.45) is 1.47. The van der Waals surface area contributed by atoms with Gasteiger partial charge in [0.1, 0.15) is 5.76 Å². The van der Waals surface area contributed by atoms with Crippen LogP contribution >= 0.6 is 11.6 Å². The second-order valence-electron chi connectivity index (χ2n) is 4.05. The molecule has 2 aromatic rings. The largest absolute Gasteiger partial charge is 0.394 e. The molecule has 96 valence electrons. The van der Waals surface area contributed by atoms with Gasteiger partial charge in [0.15, 0.2) is 5.82 Å². The number of hydrogen-bond acceptors (Lipinski definition) is 6. The number of nitrogens with zero attached hydrogens (tertiary/aromatic N) is 3. The Balaban J connectivity index is 2.26. The minimum absolute atomic E-state index is 0.0375. The third kappa shape index (κ3) is 2.38. The van der Waals surface area contributed by atoms with E-state index in [1.165, 1.54) is 6.20 Å². The first-order valence-electron chi connectivity index (χ1n) is 5.46. The standard InChI is InChI=1S/C11H14ClN5O/c1-5(9-6(2)17-18-7(9)3)15-10-8(13)4-14-11(12)16-10/h4-5H,13H2,1-3H3,(H,14,15,16). The number of aryl methyl sites for hydroxylation is 2. The number of hydrogen-bond donors (Lipinski definition) is 2. The Morgan fingerprint density at radius 2 is 2.17 bits per heavy atom. The maximum Gasteiger partial charge on any atom is 0.224 e. The SMILES string of the molecule is Cc1noc(C)c1C(C)Nc1nc(Cl)ncc1N. The van der Waals surface area contributed by atoms with Crippen molar-refractivity contribution in [2.45, 2.75) is 26.8 Å². The van der Waals surface area contributed by atoms with E-state index >= 15 is 0 Å². The summed E-state index contributed by atoms with van der Waals surface area (Å²) in [6.45, 7) is 5.73. The van der Waals surface area contributed by atoms with Gasteiger partial charge in [0.05, 0.1) is 23.6 Å². The molecule has 2 aromatic heterocycles. The van der Waals surface area contributed by atoms with Gasteiger partial charge in [-0.25, -0.2) is 4.98 Å². The molecule has 0 aliphatic carbocycles. The summed E-state index contributed by atoms with van der Waals surface area (Å²) >= 11 is 5.74. The summed E-state index contributed by atoms with van der Waals surface area (Å²) in [5.74, 6) is 1.27. The summed E-state index contributed by atoms with van der Waals surface area (Å²) in [7, 11) is 0. The first-order chi connectivity index (χ1) is 8.49. The molecule has 2 rings (SSSR count). The molecule has 0 amide bonds. The van der Waals surface area contributed by atoms with E-state index in [0.717, 1.165) is 17.0 Å². The molecule has 3 N–H and O–H groups in total. The second-order valence-corrected chi connectivity index (χ2v) is 4.38. The maximum absolute atomic E-state index is 5.78. The number of nitrogens with two attached hydrogens (primary N) is 1. The topological polar surface area (TPSA) is 89.9 Å². The van der Waals surface area contributed by atoms with Crippen LogP contribution in [0, 0.1) is 13.8 Å². The Morgan fingerprint density at radius 3 is 2.78 bits per heavy atom. The van der Waals surface area contributed by atoms with E-state index in [1.54, 1.807) is 0 Å². The molecule has 0 radical (unpaired) electrons. The van der Waals surface area contributed by atoms with E-state index in [1.807, 2.05) is 20.8 Å². The molecule has 0 fully saturated rings. The molecule has 0 aromatic carbocycles. The van der Waals surface area contributed by atoms with E-state index in [9.17, 15) is 0 Å². The second kappa shape index (κ2) is 4.81. The number of rotatable bonds is 3. The zero-order valence-electron chi connectivity index (χ0n) is 10.4. The fraction of sp³-hybridized carbons (Fsp3) is 0.364. The summed E-state index contributed by atoms with van der Waals surface area (Å²) in [5.41, 5.74) is 8.05. The molecular weight excluding hydrogens is 254 g/mol. The molecule has 0 bridgehead atoms. The molecule has 1 unspecified atom stereocenters. The Labute approximate surface area is 110 Å². The molecular formula is C11H14ClN5O. The van der Waals surface area contributed by atoms with Crippen molar-refractivity contribution >= 4 is 23.1 Å². The monoisotopic (exact) mass is 267 g/mol. The Bertz CT molecular complexity index is 549. The van der Waals surface area contributed by atoms with Crippen LogP contribution in [0.5, 0.6) is 0 Å². The molecule has 7 heteroatoms. The number of halogens is 1. The van der Waals surface area contributed by atoms with Crippen molar-refractivity contribution in [1.29, 1.82) is 0 Å². The van der Waals surface area contributed by atoms with Gasteiger partial charge in [0.2, 0.25) is 5.28 Å². The maximum atomic E-state index is 5.78. The molecule has 0 spiro atoms. The highest BCUT2D eigenvalue weighted by atomic mass is 35.5. The molecule has 0 aliphatic rings. The Morgan fingerprint density at radius 1 is 1.44 bits per heavy atom. The summed E-state index contributed by atoms with van der Waals surface area (Å²) in [6, 6.07) is -0.0375. The lowest BCUT2D eigenvalue weighted by molar-refractivity contribution is 0.392. The number of nitrogen functional groups attached to an aromatic ring is 1. The zero-order valence-corrected chi connectivity index (χ0v) is 11.1. The van der Waals surface area contributed by atoms with E-state index < -0.39 is 0 Å². The molecule has 1 atom stereocenters. The van der Waals surface area contributed by atoms with E-state index in [2.05, 4.69) is 20.4 Å². The van der Waals surface area contributed by atoms with Crippen molar-refractivity contribution in [3.63, 3.8) is 0 Å². The van der Waals surface area contributed by atoms with Gasteiger partial charge in [-0.15, -0.1) is 0 Å². The van der Waals surface area contributed by atoms with Gasteiger partial charge in [0.25, 0.3) is 0 Å². The average molecular weight is 268 g/mol. The quantitative estimate of drug-likeness (QED) is 0.831. The normalized spacial score (nSPS) is 12.4. The van der Waals surface area contributed by atoms with Crippen molar-refractivity contribution in [3.05, 3.63) is 28.5 Å². The lowest BCUT2D eigenvalue weighted by Crippen LogP contribution is -2.11. The first-order valence-corrected chi connectivity index (χ1v) is 5.84. The molecule has 18 heavy (non-hydrogen) atoms. The lowest BCUT2D eigenvalue weighted by atomic mass is 10.1. The molecule has 0 saturated heterocycles. The van der Waals surface area contributed by atoms with Gasteiger partial charge >= 0.3 is 0 Å². The fourth-order valence-corrected chi connectivity index (χ4v) is 2.00. The molecule has 0 aliphatic heterocycles. The third-order valence-electron chi connectivity index (χ3n) is 2.66. The predicted octanol–water partition coefficient (Wildman–Crippen LogP) is 2.49. The van der Waals surface area contributed by atoms with Crippen LogP contribution in [0.3, 0.4) is 0 Å². The van der Waals surface area contributed by atoms with Gasteiger partial charge in [-0.05, 0) is 32.4 Å². The van der Waals surface area contributed by atoms with Crippen LogP contribution < -0.4 is 11.1 Å². The Hall–Kier alpha value is -1.82. The van der Waals surface area contributed by atoms with Gasteiger partial charge < -0.3 is 15.6 Å². The van der Waals surface area contributed by atoms with E-state index in [0.29, 0.717) is 11.5 Å². The van der Waals surface area contributed by atoms with Crippen LogP contribution in [0.15, 0.2) is 10.7 Å².